The van der Waals surface area contributed by atoms with Crippen LogP contribution < -0.4 is 15.8 Å². The molecule has 0 heterocycles. The number of aromatic hydroxyl groups is 1. The number of nitrogens with one attached hydrogen (secondary N) is 1. The van der Waals surface area contributed by atoms with E-state index in [0.29, 0.717) is 24.4 Å². The van der Waals surface area contributed by atoms with Gasteiger partial charge in [-0.05, 0) is 19.1 Å². The molecule has 1 aromatic carbocycles. The van der Waals surface area contributed by atoms with E-state index in [1.165, 1.54) is 0 Å². The third-order valence-corrected chi connectivity index (χ3v) is 2.08. The van der Waals surface area contributed by atoms with Gasteiger partial charge in [0.15, 0.2) is 6.61 Å². The van der Waals surface area contributed by atoms with E-state index in [0.717, 1.165) is 0 Å². The molecule has 5 heteroatoms. The molecule has 0 spiro atoms. The molecule has 4 N–H and O–H groups in total. The first-order valence-corrected chi connectivity index (χ1v) is 5.03. The second kappa shape index (κ2) is 5.97. The Balaban J connectivity index is 2.48. The molecule has 0 aromatic heterocycles. The van der Waals surface area contributed by atoms with Crippen molar-refractivity contribution in [2.24, 2.45) is 5.73 Å². The molecular weight excluding hydrogens is 208 g/mol. The molecule has 0 fully saturated rings. The molecule has 1 rings (SSSR count). The lowest BCUT2D eigenvalue weighted by molar-refractivity contribution is -0.123. The summed E-state index contributed by atoms with van der Waals surface area (Å²) < 4.78 is 5.26. The normalized spacial score (nSPS) is 9.88. The number of ether oxygens (including phenoxy) is 1. The van der Waals surface area contributed by atoms with Gasteiger partial charge in [-0.1, -0.05) is 6.07 Å². The smallest absolute Gasteiger partial charge is 0.257 e. The molecule has 0 unspecified atom stereocenters. The molecule has 0 saturated carbocycles. The molecule has 1 amide bonds. The highest BCUT2D eigenvalue weighted by molar-refractivity contribution is 5.77. The van der Waals surface area contributed by atoms with Crippen molar-refractivity contribution in [3.8, 4) is 11.5 Å². The Morgan fingerprint density at radius 1 is 1.56 bits per heavy atom. The van der Waals surface area contributed by atoms with Gasteiger partial charge in [-0.2, -0.15) is 0 Å². The quantitative estimate of drug-likeness (QED) is 0.665. The zero-order valence-corrected chi connectivity index (χ0v) is 9.19. The van der Waals surface area contributed by atoms with Gasteiger partial charge < -0.3 is 20.9 Å². The highest BCUT2D eigenvalue weighted by atomic mass is 16.5. The number of rotatable bonds is 5. The molecule has 5 nitrogen and oxygen atoms in total. The van der Waals surface area contributed by atoms with E-state index in [1.807, 2.05) is 0 Å². The van der Waals surface area contributed by atoms with E-state index in [1.54, 1.807) is 25.1 Å². The van der Waals surface area contributed by atoms with Crippen LogP contribution in [0.15, 0.2) is 18.2 Å². The van der Waals surface area contributed by atoms with Crippen LogP contribution in [0.2, 0.25) is 0 Å². The van der Waals surface area contributed by atoms with Gasteiger partial charge >= 0.3 is 0 Å². The van der Waals surface area contributed by atoms with Crippen molar-refractivity contribution in [1.29, 1.82) is 0 Å². The minimum atomic E-state index is -0.229. The molecule has 0 aliphatic heterocycles. The van der Waals surface area contributed by atoms with Gasteiger partial charge in [0.05, 0.1) is 0 Å². The third kappa shape index (κ3) is 3.43. The van der Waals surface area contributed by atoms with Crippen LogP contribution in [0, 0.1) is 6.92 Å². The molecule has 0 bridgehead atoms. The van der Waals surface area contributed by atoms with Gasteiger partial charge in [0, 0.05) is 18.7 Å². The molecule has 16 heavy (non-hydrogen) atoms. The maximum atomic E-state index is 11.2. The van der Waals surface area contributed by atoms with Gasteiger partial charge in [0.1, 0.15) is 11.5 Å². The van der Waals surface area contributed by atoms with Crippen LogP contribution in [-0.2, 0) is 4.79 Å². The van der Waals surface area contributed by atoms with Gasteiger partial charge in [-0.3, -0.25) is 4.79 Å². The number of phenols is 1. The summed E-state index contributed by atoms with van der Waals surface area (Å²) in [5.74, 6) is 0.427. The van der Waals surface area contributed by atoms with Crippen molar-refractivity contribution < 1.29 is 14.6 Å². The van der Waals surface area contributed by atoms with E-state index < -0.39 is 0 Å². The Bertz CT molecular complexity index is 366. The van der Waals surface area contributed by atoms with Gasteiger partial charge in [0.25, 0.3) is 5.91 Å². The second-order valence-corrected chi connectivity index (χ2v) is 3.33. The van der Waals surface area contributed by atoms with E-state index in [4.69, 9.17) is 10.5 Å². The lowest BCUT2D eigenvalue weighted by Gasteiger charge is -2.09. The number of carbonyl (C=O) groups is 1. The van der Waals surface area contributed by atoms with Crippen LogP contribution in [0.4, 0.5) is 0 Å². The predicted octanol–water partition coefficient (Wildman–Crippen LogP) is 0.154. The summed E-state index contributed by atoms with van der Waals surface area (Å²) in [7, 11) is 0. The van der Waals surface area contributed by atoms with Gasteiger partial charge in [-0.15, -0.1) is 0 Å². The summed E-state index contributed by atoms with van der Waals surface area (Å²) in [6, 6.07) is 4.93. The zero-order chi connectivity index (χ0) is 12.0. The Kier molecular flexibility index (Phi) is 4.60. The Labute approximate surface area is 94.2 Å². The topological polar surface area (TPSA) is 84.6 Å². The largest absolute Gasteiger partial charge is 0.508 e. The van der Waals surface area contributed by atoms with Crippen molar-refractivity contribution in [2.45, 2.75) is 6.92 Å². The standard InChI is InChI=1S/C11H16N2O3/c1-8-9(14)3-2-4-10(8)16-7-11(15)13-6-5-12/h2-4,14H,5-7,12H2,1H3,(H,13,15). The molecule has 88 valence electrons. The van der Waals surface area contributed by atoms with Crippen LogP contribution in [0.5, 0.6) is 11.5 Å². The highest BCUT2D eigenvalue weighted by Gasteiger charge is 2.06. The minimum Gasteiger partial charge on any atom is -0.508 e. The summed E-state index contributed by atoms with van der Waals surface area (Å²) in [5, 5.41) is 12.0. The van der Waals surface area contributed by atoms with E-state index in [-0.39, 0.29) is 18.3 Å². The Morgan fingerprint density at radius 2 is 2.31 bits per heavy atom. The SMILES string of the molecule is Cc1c(O)cccc1OCC(=O)NCCN. The van der Waals surface area contributed by atoms with E-state index >= 15 is 0 Å². The molecule has 0 aliphatic rings. The van der Waals surface area contributed by atoms with Crippen molar-refractivity contribution in [3.63, 3.8) is 0 Å². The fourth-order valence-corrected chi connectivity index (χ4v) is 1.17. The maximum Gasteiger partial charge on any atom is 0.257 e. The van der Waals surface area contributed by atoms with Gasteiger partial charge in [0.2, 0.25) is 0 Å². The summed E-state index contributed by atoms with van der Waals surface area (Å²) in [5.41, 5.74) is 5.86. The first-order valence-electron chi connectivity index (χ1n) is 5.03. The minimum absolute atomic E-state index is 0.0791. The number of carbonyl (C=O) groups excluding carboxylic acids is 1. The number of amides is 1. The number of hydrogen-bond acceptors (Lipinski definition) is 4. The second-order valence-electron chi connectivity index (χ2n) is 3.33. The third-order valence-electron chi connectivity index (χ3n) is 2.08. The number of benzene rings is 1. The van der Waals surface area contributed by atoms with E-state index in [9.17, 15) is 9.90 Å². The van der Waals surface area contributed by atoms with E-state index in [2.05, 4.69) is 5.32 Å². The molecule has 0 radical (unpaired) electrons. The fraction of sp³-hybridized carbons (Fsp3) is 0.364. The van der Waals surface area contributed by atoms with Crippen molar-refractivity contribution in [1.82, 2.24) is 5.32 Å². The average molecular weight is 224 g/mol. The zero-order valence-electron chi connectivity index (χ0n) is 9.19. The van der Waals surface area contributed by atoms with Crippen molar-refractivity contribution >= 4 is 5.91 Å². The first-order chi connectivity index (χ1) is 7.65. The van der Waals surface area contributed by atoms with Crippen molar-refractivity contribution in [2.75, 3.05) is 19.7 Å². The van der Waals surface area contributed by atoms with Crippen LogP contribution in [0.3, 0.4) is 0 Å². The maximum absolute atomic E-state index is 11.2. The van der Waals surface area contributed by atoms with Crippen LogP contribution >= 0.6 is 0 Å². The molecule has 0 atom stereocenters. The summed E-state index contributed by atoms with van der Waals surface area (Å²) in [4.78, 5) is 11.2. The predicted molar refractivity (Wildman–Crippen MR) is 60.4 cm³/mol. The number of phenolic OH excluding ortho intramolecular Hbond substituents is 1. The van der Waals surface area contributed by atoms with Crippen molar-refractivity contribution in [3.05, 3.63) is 23.8 Å². The molecular formula is C11H16N2O3. The fourth-order valence-electron chi connectivity index (χ4n) is 1.17. The number of hydrogen-bond donors (Lipinski definition) is 3. The Morgan fingerprint density at radius 3 is 3.00 bits per heavy atom. The lowest BCUT2D eigenvalue weighted by Crippen LogP contribution is -2.32. The molecule has 0 saturated heterocycles. The summed E-state index contributed by atoms with van der Waals surface area (Å²) >= 11 is 0. The average Bonchev–Trinajstić information content (AvgIpc) is 2.28. The van der Waals surface area contributed by atoms with Crippen LogP contribution in [-0.4, -0.2) is 30.7 Å². The lowest BCUT2D eigenvalue weighted by atomic mass is 10.2. The van der Waals surface area contributed by atoms with Gasteiger partial charge in [-0.25, -0.2) is 0 Å². The first kappa shape index (κ1) is 12.3. The van der Waals surface area contributed by atoms with Crippen LogP contribution in [0.1, 0.15) is 5.56 Å². The molecule has 0 aliphatic carbocycles. The summed E-state index contributed by atoms with van der Waals surface area (Å²) in [6.07, 6.45) is 0. The number of nitrogens with two attached hydrogens (primary N) is 1. The molecule has 1 aromatic rings. The Hall–Kier alpha value is -1.75. The monoisotopic (exact) mass is 224 g/mol. The summed E-state index contributed by atoms with van der Waals surface area (Å²) in [6.45, 7) is 2.48. The van der Waals surface area contributed by atoms with Crippen LogP contribution in [0.25, 0.3) is 0 Å². The highest BCUT2D eigenvalue weighted by Crippen LogP contribution is 2.25.